The van der Waals surface area contributed by atoms with Crippen LogP contribution in [0.3, 0.4) is 0 Å². The second kappa shape index (κ2) is 6.70. The van der Waals surface area contributed by atoms with Crippen molar-refractivity contribution in [3.8, 4) is 12.3 Å². The van der Waals surface area contributed by atoms with E-state index >= 15 is 0 Å². The largest absolute Gasteiger partial charge is 0.422 e. The van der Waals surface area contributed by atoms with E-state index in [0.717, 1.165) is 5.56 Å². The van der Waals surface area contributed by atoms with Crippen molar-refractivity contribution in [2.24, 2.45) is 0 Å². The predicted molar refractivity (Wildman–Crippen MR) is 99.3 cm³/mol. The van der Waals surface area contributed by atoms with Gasteiger partial charge >= 0.3 is 0 Å². The molecule has 1 aliphatic heterocycles. The average Bonchev–Trinajstić information content (AvgIpc) is 3.11. The fourth-order valence-electron chi connectivity index (χ4n) is 2.91. The number of anilines is 1. The van der Waals surface area contributed by atoms with E-state index in [0.29, 0.717) is 54.1 Å². The molecule has 3 aromatic rings. The minimum atomic E-state index is -0.000708. The maximum atomic E-state index is 12.6. The van der Waals surface area contributed by atoms with Gasteiger partial charge in [-0.2, -0.15) is 4.98 Å². The monoisotopic (exact) mass is 366 g/mol. The molecular formula is C19H15ClN4O2. The molecule has 0 radical (unpaired) electrons. The Morgan fingerprint density at radius 3 is 2.50 bits per heavy atom. The standard InChI is InChI=1S/C19H15ClN4O2/c1-2-13-3-5-14(6-4-13)18(25)23-9-11-24(12-10-23)19-22-17-15(26-19)7-8-16(20)21-17/h1,3-8H,9-12H2. The van der Waals surface area contributed by atoms with E-state index in [1.807, 2.05) is 9.80 Å². The minimum absolute atomic E-state index is 0.000708. The molecule has 0 unspecified atom stereocenters. The van der Waals surface area contributed by atoms with Gasteiger partial charge in [0, 0.05) is 37.3 Å². The summed E-state index contributed by atoms with van der Waals surface area (Å²) in [7, 11) is 0. The molecule has 2 aromatic heterocycles. The number of benzene rings is 1. The van der Waals surface area contributed by atoms with E-state index in [1.165, 1.54) is 0 Å². The summed E-state index contributed by atoms with van der Waals surface area (Å²) in [5, 5.41) is 0.378. The summed E-state index contributed by atoms with van der Waals surface area (Å²) in [6, 6.07) is 11.0. The number of nitrogens with zero attached hydrogens (tertiary/aromatic N) is 4. The first-order chi connectivity index (χ1) is 12.6. The van der Waals surface area contributed by atoms with Crippen LogP contribution in [0.2, 0.25) is 5.15 Å². The van der Waals surface area contributed by atoms with Gasteiger partial charge in [0.15, 0.2) is 5.58 Å². The highest BCUT2D eigenvalue weighted by Gasteiger charge is 2.25. The highest BCUT2D eigenvalue weighted by atomic mass is 35.5. The number of amides is 1. The van der Waals surface area contributed by atoms with Crippen molar-refractivity contribution in [3.05, 3.63) is 52.7 Å². The number of carbonyl (C=O) groups excluding carboxylic acids is 1. The lowest BCUT2D eigenvalue weighted by molar-refractivity contribution is 0.0745. The second-order valence-corrected chi connectivity index (χ2v) is 6.34. The molecule has 6 nitrogen and oxygen atoms in total. The van der Waals surface area contributed by atoms with Crippen molar-refractivity contribution < 1.29 is 9.21 Å². The van der Waals surface area contributed by atoms with Crippen molar-refractivity contribution in [1.29, 1.82) is 0 Å². The van der Waals surface area contributed by atoms with Gasteiger partial charge in [-0.05, 0) is 36.4 Å². The molecule has 26 heavy (non-hydrogen) atoms. The third kappa shape index (κ3) is 3.09. The van der Waals surface area contributed by atoms with E-state index in [-0.39, 0.29) is 5.91 Å². The van der Waals surface area contributed by atoms with Crippen LogP contribution in [0.25, 0.3) is 11.2 Å². The van der Waals surface area contributed by atoms with Gasteiger partial charge in [-0.15, -0.1) is 6.42 Å². The molecule has 0 bridgehead atoms. The quantitative estimate of drug-likeness (QED) is 0.515. The maximum Gasteiger partial charge on any atom is 0.300 e. The maximum absolute atomic E-state index is 12.6. The number of oxazole rings is 1. The van der Waals surface area contributed by atoms with E-state index < -0.39 is 0 Å². The van der Waals surface area contributed by atoms with Crippen LogP contribution in [0.1, 0.15) is 15.9 Å². The Morgan fingerprint density at radius 2 is 1.81 bits per heavy atom. The number of pyridine rings is 1. The van der Waals surface area contributed by atoms with Gasteiger partial charge in [-0.1, -0.05) is 17.5 Å². The first-order valence-electron chi connectivity index (χ1n) is 8.18. The predicted octanol–water partition coefficient (Wildman–Crippen LogP) is 2.82. The number of halogens is 1. The molecule has 0 N–H and O–H groups in total. The number of hydrogen-bond donors (Lipinski definition) is 0. The van der Waals surface area contributed by atoms with Crippen LogP contribution in [-0.2, 0) is 0 Å². The zero-order chi connectivity index (χ0) is 18.1. The molecule has 3 heterocycles. The topological polar surface area (TPSA) is 62.5 Å². The summed E-state index contributed by atoms with van der Waals surface area (Å²) in [5.74, 6) is 2.55. The second-order valence-electron chi connectivity index (χ2n) is 5.95. The lowest BCUT2D eigenvalue weighted by atomic mass is 10.1. The van der Waals surface area contributed by atoms with Gasteiger partial charge in [0.1, 0.15) is 5.15 Å². The van der Waals surface area contributed by atoms with Gasteiger partial charge in [0.05, 0.1) is 0 Å². The summed E-state index contributed by atoms with van der Waals surface area (Å²) in [4.78, 5) is 25.0. The van der Waals surface area contributed by atoms with E-state index in [2.05, 4.69) is 15.9 Å². The van der Waals surface area contributed by atoms with Gasteiger partial charge in [-0.25, -0.2) is 4.98 Å². The first kappa shape index (κ1) is 16.4. The van der Waals surface area contributed by atoms with Crippen molar-refractivity contribution >= 4 is 34.8 Å². The minimum Gasteiger partial charge on any atom is -0.422 e. The average molecular weight is 367 g/mol. The Hall–Kier alpha value is -3.04. The van der Waals surface area contributed by atoms with E-state index in [9.17, 15) is 4.79 Å². The molecule has 1 saturated heterocycles. The van der Waals surface area contributed by atoms with Crippen LogP contribution in [-0.4, -0.2) is 47.0 Å². The summed E-state index contributed by atoms with van der Waals surface area (Å²) in [6.45, 7) is 2.44. The van der Waals surface area contributed by atoms with Crippen molar-refractivity contribution in [1.82, 2.24) is 14.9 Å². The third-order valence-electron chi connectivity index (χ3n) is 4.34. The molecule has 1 fully saturated rings. The van der Waals surface area contributed by atoms with E-state index in [4.69, 9.17) is 22.4 Å². The number of carbonyl (C=O) groups is 1. The highest BCUT2D eigenvalue weighted by molar-refractivity contribution is 6.29. The highest BCUT2D eigenvalue weighted by Crippen LogP contribution is 2.23. The van der Waals surface area contributed by atoms with Gasteiger partial charge in [0.2, 0.25) is 5.65 Å². The fourth-order valence-corrected chi connectivity index (χ4v) is 3.05. The van der Waals surface area contributed by atoms with Crippen molar-refractivity contribution in [2.75, 3.05) is 31.1 Å². The molecule has 0 aliphatic carbocycles. The Bertz CT molecular complexity index is 999. The zero-order valence-corrected chi connectivity index (χ0v) is 14.6. The number of terminal acetylenes is 1. The van der Waals surface area contributed by atoms with Gasteiger partial charge in [-0.3, -0.25) is 4.79 Å². The molecule has 1 amide bonds. The molecule has 1 aromatic carbocycles. The van der Waals surface area contributed by atoms with Crippen molar-refractivity contribution in [3.63, 3.8) is 0 Å². The fraction of sp³-hybridized carbons (Fsp3) is 0.211. The molecule has 7 heteroatoms. The molecule has 4 rings (SSSR count). The smallest absolute Gasteiger partial charge is 0.300 e. The molecule has 1 aliphatic rings. The van der Waals surface area contributed by atoms with Crippen molar-refractivity contribution in [2.45, 2.75) is 0 Å². The summed E-state index contributed by atoms with van der Waals surface area (Å²) < 4.78 is 5.74. The van der Waals surface area contributed by atoms with Gasteiger partial charge < -0.3 is 14.2 Å². The SMILES string of the molecule is C#Cc1ccc(C(=O)N2CCN(c3nc4nc(Cl)ccc4o3)CC2)cc1. The first-order valence-corrected chi connectivity index (χ1v) is 8.56. The normalized spacial score (nSPS) is 14.5. The Morgan fingerprint density at radius 1 is 1.08 bits per heavy atom. The van der Waals surface area contributed by atoms with Crippen LogP contribution in [0.4, 0.5) is 6.01 Å². The number of fused-ring (bicyclic) bond motifs is 1. The molecule has 0 atom stereocenters. The lowest BCUT2D eigenvalue weighted by Crippen LogP contribution is -2.48. The van der Waals surface area contributed by atoms with Gasteiger partial charge in [0.25, 0.3) is 11.9 Å². The lowest BCUT2D eigenvalue weighted by Gasteiger charge is -2.33. The Labute approximate surface area is 155 Å². The van der Waals surface area contributed by atoms with E-state index in [1.54, 1.807) is 36.4 Å². The Kier molecular flexibility index (Phi) is 4.23. The van der Waals surface area contributed by atoms with Crippen LogP contribution >= 0.6 is 11.6 Å². The van der Waals surface area contributed by atoms with Crippen LogP contribution in [0, 0.1) is 12.3 Å². The summed E-state index contributed by atoms with van der Waals surface area (Å²) in [6.07, 6.45) is 5.35. The van der Waals surface area contributed by atoms with Crippen LogP contribution < -0.4 is 4.90 Å². The summed E-state index contributed by atoms with van der Waals surface area (Å²) in [5.41, 5.74) is 2.48. The number of hydrogen-bond acceptors (Lipinski definition) is 5. The number of aromatic nitrogens is 2. The molecule has 0 spiro atoms. The molecular weight excluding hydrogens is 352 g/mol. The van der Waals surface area contributed by atoms with Crippen LogP contribution in [0.5, 0.6) is 0 Å². The molecule has 130 valence electrons. The number of rotatable bonds is 2. The zero-order valence-electron chi connectivity index (χ0n) is 13.9. The molecule has 0 saturated carbocycles. The van der Waals surface area contributed by atoms with Crippen LogP contribution in [0.15, 0.2) is 40.8 Å². The summed E-state index contributed by atoms with van der Waals surface area (Å²) >= 11 is 5.88. The Balaban J connectivity index is 1.44. The third-order valence-corrected chi connectivity index (χ3v) is 4.55. The number of piperazine rings is 1.